The number of esters is 1. The van der Waals surface area contributed by atoms with E-state index in [0.717, 1.165) is 0 Å². The number of halogens is 1. The molecule has 20 heavy (non-hydrogen) atoms. The van der Waals surface area contributed by atoms with Crippen molar-refractivity contribution in [3.05, 3.63) is 41.2 Å². The third-order valence-electron chi connectivity index (χ3n) is 2.90. The van der Waals surface area contributed by atoms with E-state index in [9.17, 15) is 9.18 Å². The highest BCUT2D eigenvalue weighted by Gasteiger charge is 2.29. The molecule has 1 aliphatic heterocycles. The number of nitrogens with one attached hydrogen (secondary N) is 2. The molecule has 4 nitrogen and oxygen atoms in total. The van der Waals surface area contributed by atoms with Gasteiger partial charge in [-0.15, -0.1) is 0 Å². The molecule has 0 spiro atoms. The maximum absolute atomic E-state index is 13.4. The van der Waals surface area contributed by atoms with Gasteiger partial charge in [-0.1, -0.05) is 12.1 Å². The van der Waals surface area contributed by atoms with Crippen LogP contribution in [0.2, 0.25) is 0 Å². The molecule has 1 aliphatic rings. The molecule has 6 heteroatoms. The molecular weight excluding hydrogens is 279 g/mol. The lowest BCUT2D eigenvalue weighted by Gasteiger charge is -2.28. The van der Waals surface area contributed by atoms with Crippen LogP contribution in [0.15, 0.2) is 29.8 Å². The number of carbonyl (C=O) groups excluding carboxylic acids is 1. The maximum atomic E-state index is 13.4. The van der Waals surface area contributed by atoms with E-state index in [1.807, 2.05) is 0 Å². The Balaban J connectivity index is 2.53. The molecule has 0 aromatic heterocycles. The van der Waals surface area contributed by atoms with Crippen molar-refractivity contribution in [1.82, 2.24) is 10.6 Å². The molecule has 0 saturated carbocycles. The lowest BCUT2D eigenvalue weighted by atomic mass is 9.99. The van der Waals surface area contributed by atoms with E-state index in [4.69, 9.17) is 17.0 Å². The van der Waals surface area contributed by atoms with E-state index in [-0.39, 0.29) is 18.5 Å². The van der Waals surface area contributed by atoms with E-state index < -0.39 is 5.97 Å². The monoisotopic (exact) mass is 294 g/mol. The van der Waals surface area contributed by atoms with Gasteiger partial charge in [-0.25, -0.2) is 9.18 Å². The normalized spacial score (nSPS) is 18.4. The van der Waals surface area contributed by atoms with Crippen LogP contribution in [0, 0.1) is 5.82 Å². The van der Waals surface area contributed by atoms with Crippen molar-refractivity contribution in [2.45, 2.75) is 19.9 Å². The van der Waals surface area contributed by atoms with Gasteiger partial charge in [0.05, 0.1) is 23.9 Å². The average molecular weight is 294 g/mol. The second-order valence-electron chi connectivity index (χ2n) is 4.34. The van der Waals surface area contributed by atoms with Gasteiger partial charge >= 0.3 is 5.97 Å². The average Bonchev–Trinajstić information content (AvgIpc) is 2.37. The summed E-state index contributed by atoms with van der Waals surface area (Å²) in [5, 5.41) is 6.26. The highest BCUT2D eigenvalue weighted by molar-refractivity contribution is 7.80. The number of benzene rings is 1. The fourth-order valence-electron chi connectivity index (χ4n) is 2.06. The summed E-state index contributed by atoms with van der Waals surface area (Å²) in [4.78, 5) is 12.1. The first kappa shape index (κ1) is 14.5. The molecule has 2 N–H and O–H groups in total. The fourth-order valence-corrected chi connectivity index (χ4v) is 2.34. The maximum Gasteiger partial charge on any atom is 0.338 e. The molecule has 0 bridgehead atoms. The van der Waals surface area contributed by atoms with Crippen molar-refractivity contribution in [2.75, 3.05) is 6.61 Å². The van der Waals surface area contributed by atoms with E-state index in [1.54, 1.807) is 26.0 Å². The summed E-state index contributed by atoms with van der Waals surface area (Å²) in [6.45, 7) is 3.81. The minimum Gasteiger partial charge on any atom is -0.463 e. The predicted octanol–water partition coefficient (Wildman–Crippen LogP) is 1.97. The van der Waals surface area contributed by atoms with Crippen molar-refractivity contribution in [3.63, 3.8) is 0 Å². The lowest BCUT2D eigenvalue weighted by molar-refractivity contribution is -0.138. The standard InChI is InChI=1S/C14H15FN2O2S/c1-3-19-13(18)11-8(2)16-14(20)17-12(11)9-5-4-6-10(15)7-9/h4-8H,3H2,1-2H3,(H2,16,17,20)/t8-/m0/s1. The number of hydrogen-bond donors (Lipinski definition) is 2. The zero-order valence-electron chi connectivity index (χ0n) is 11.2. The first-order valence-electron chi connectivity index (χ1n) is 6.27. The highest BCUT2D eigenvalue weighted by Crippen LogP contribution is 2.23. The third kappa shape index (κ3) is 2.96. The van der Waals surface area contributed by atoms with Crippen LogP contribution in [0.1, 0.15) is 19.4 Å². The van der Waals surface area contributed by atoms with E-state index >= 15 is 0 Å². The van der Waals surface area contributed by atoms with Gasteiger partial charge in [0, 0.05) is 5.56 Å². The van der Waals surface area contributed by atoms with Gasteiger partial charge in [0.2, 0.25) is 0 Å². The van der Waals surface area contributed by atoms with Crippen molar-refractivity contribution in [1.29, 1.82) is 0 Å². The van der Waals surface area contributed by atoms with Crippen LogP contribution in [0.25, 0.3) is 5.70 Å². The number of carbonyl (C=O) groups is 1. The second kappa shape index (κ2) is 6.00. The summed E-state index contributed by atoms with van der Waals surface area (Å²) in [6.07, 6.45) is 0. The Hall–Kier alpha value is -1.95. The van der Waals surface area contributed by atoms with Gasteiger partial charge in [-0.05, 0) is 38.2 Å². The van der Waals surface area contributed by atoms with Crippen molar-refractivity contribution in [2.24, 2.45) is 0 Å². The van der Waals surface area contributed by atoms with Crippen LogP contribution >= 0.6 is 12.2 Å². The van der Waals surface area contributed by atoms with Gasteiger partial charge in [0.25, 0.3) is 0 Å². The van der Waals surface area contributed by atoms with Crippen molar-refractivity contribution in [3.8, 4) is 0 Å². The fraction of sp³-hybridized carbons (Fsp3) is 0.286. The molecule has 106 valence electrons. The number of rotatable bonds is 3. The predicted molar refractivity (Wildman–Crippen MR) is 78.3 cm³/mol. The van der Waals surface area contributed by atoms with Gasteiger partial charge in [0.1, 0.15) is 5.82 Å². The van der Waals surface area contributed by atoms with Gasteiger partial charge in [0.15, 0.2) is 5.11 Å². The van der Waals surface area contributed by atoms with Crippen LogP contribution in [0.3, 0.4) is 0 Å². The molecule has 0 aliphatic carbocycles. The molecular formula is C14H15FN2O2S. The first-order chi connectivity index (χ1) is 9.52. The second-order valence-corrected chi connectivity index (χ2v) is 4.75. The molecule has 0 unspecified atom stereocenters. The molecule has 1 atom stereocenters. The molecule has 0 saturated heterocycles. The summed E-state index contributed by atoms with van der Waals surface area (Å²) in [7, 11) is 0. The molecule has 2 rings (SSSR count). The Morgan fingerprint density at radius 3 is 2.90 bits per heavy atom. The Morgan fingerprint density at radius 2 is 2.25 bits per heavy atom. The Labute approximate surface area is 122 Å². The molecule has 0 radical (unpaired) electrons. The Kier molecular flexibility index (Phi) is 4.34. The summed E-state index contributed by atoms with van der Waals surface area (Å²) in [6, 6.07) is 5.68. The van der Waals surface area contributed by atoms with Gasteiger partial charge in [-0.3, -0.25) is 0 Å². The molecule has 1 aromatic rings. The number of thiocarbonyl (C=S) groups is 1. The summed E-state index contributed by atoms with van der Waals surface area (Å²) in [5.41, 5.74) is 1.45. The zero-order chi connectivity index (χ0) is 14.7. The molecule has 1 heterocycles. The van der Waals surface area contributed by atoms with Crippen LogP contribution in [-0.2, 0) is 9.53 Å². The molecule has 0 fully saturated rings. The Bertz CT molecular complexity index is 586. The summed E-state index contributed by atoms with van der Waals surface area (Å²) in [5.74, 6) is -0.820. The van der Waals surface area contributed by atoms with Crippen LogP contribution < -0.4 is 10.6 Å². The molecule has 0 amide bonds. The van der Waals surface area contributed by atoms with Crippen LogP contribution in [0.4, 0.5) is 4.39 Å². The quantitative estimate of drug-likeness (QED) is 0.659. The third-order valence-corrected chi connectivity index (χ3v) is 3.12. The van der Waals surface area contributed by atoms with Gasteiger partial charge < -0.3 is 15.4 Å². The number of hydrogen-bond acceptors (Lipinski definition) is 3. The van der Waals surface area contributed by atoms with Crippen molar-refractivity contribution >= 4 is 29.0 Å². The minimum atomic E-state index is -0.443. The molecule has 1 aromatic carbocycles. The highest BCUT2D eigenvalue weighted by atomic mass is 32.1. The minimum absolute atomic E-state index is 0.274. The largest absolute Gasteiger partial charge is 0.463 e. The first-order valence-corrected chi connectivity index (χ1v) is 6.68. The SMILES string of the molecule is CCOC(=O)C1=C(c2cccc(F)c2)NC(=S)N[C@H]1C. The van der Waals surface area contributed by atoms with Crippen LogP contribution in [-0.4, -0.2) is 23.7 Å². The van der Waals surface area contributed by atoms with Crippen molar-refractivity contribution < 1.29 is 13.9 Å². The smallest absolute Gasteiger partial charge is 0.338 e. The van der Waals surface area contributed by atoms with E-state index in [1.165, 1.54) is 12.1 Å². The van der Waals surface area contributed by atoms with E-state index in [2.05, 4.69) is 10.6 Å². The van der Waals surface area contributed by atoms with Gasteiger partial charge in [-0.2, -0.15) is 0 Å². The zero-order valence-corrected chi connectivity index (χ0v) is 12.0. The lowest BCUT2D eigenvalue weighted by Crippen LogP contribution is -2.48. The topological polar surface area (TPSA) is 50.4 Å². The van der Waals surface area contributed by atoms with E-state index in [0.29, 0.717) is 21.9 Å². The number of ether oxygens (including phenoxy) is 1. The van der Waals surface area contributed by atoms with Crippen LogP contribution in [0.5, 0.6) is 0 Å². The Morgan fingerprint density at radius 1 is 1.50 bits per heavy atom. The summed E-state index contributed by atoms with van der Waals surface area (Å²) < 4.78 is 18.4. The summed E-state index contributed by atoms with van der Waals surface area (Å²) >= 11 is 5.09.